The van der Waals surface area contributed by atoms with Crippen molar-refractivity contribution in [2.24, 2.45) is 0 Å². The van der Waals surface area contributed by atoms with Crippen LogP contribution in [-0.4, -0.2) is 42.7 Å². The van der Waals surface area contributed by atoms with Crippen LogP contribution in [0.4, 0.5) is 0 Å². The van der Waals surface area contributed by atoms with Crippen molar-refractivity contribution in [3.63, 3.8) is 0 Å². The zero-order valence-electron chi connectivity index (χ0n) is 11.4. The molecule has 0 aromatic carbocycles. The summed E-state index contributed by atoms with van der Waals surface area (Å²) in [5.74, 6) is 0. The van der Waals surface area contributed by atoms with Gasteiger partial charge in [0.2, 0.25) is 0 Å². The van der Waals surface area contributed by atoms with E-state index in [4.69, 9.17) is 48.1 Å². The van der Waals surface area contributed by atoms with Crippen molar-refractivity contribution in [2.75, 3.05) is 42.7 Å². The second-order valence-electron chi connectivity index (χ2n) is 2.00. The number of hydrogen-bond acceptors (Lipinski definition) is 8. The Bertz CT molecular complexity index is 271. The number of nitrogens with zero attached hydrogens (tertiary/aromatic N) is 2. The van der Waals surface area contributed by atoms with Crippen LogP contribution in [0.5, 0.6) is 0 Å². The van der Waals surface area contributed by atoms with Crippen molar-refractivity contribution in [3.05, 3.63) is 21.0 Å². The van der Waals surface area contributed by atoms with Crippen LogP contribution in [0.15, 0.2) is 0 Å². The van der Waals surface area contributed by atoms with Crippen LogP contribution in [-0.2, 0) is 40.3 Å². The van der Waals surface area contributed by atoms with E-state index in [9.17, 15) is 0 Å². The van der Waals surface area contributed by atoms with E-state index in [0.29, 0.717) is 13.1 Å². The van der Waals surface area contributed by atoms with Crippen LogP contribution in [0.25, 0.3) is 11.2 Å². The third-order valence-corrected chi connectivity index (χ3v) is 13.9. The first-order valence-corrected chi connectivity index (χ1v) is 10.0. The van der Waals surface area contributed by atoms with Gasteiger partial charge in [0.25, 0.3) is 0 Å². The molecular weight excluding hydrogens is 346 g/mol. The van der Waals surface area contributed by atoms with Crippen molar-refractivity contribution < 1.29 is 40.3 Å². The maximum atomic E-state index is 7.25. The Morgan fingerprint density at radius 3 is 0.842 bits per heavy atom. The molecule has 0 unspecified atom stereocenters. The zero-order valence-corrected chi connectivity index (χ0v) is 14.3. The Labute approximate surface area is 117 Å². The van der Waals surface area contributed by atoms with Crippen LogP contribution in [0.1, 0.15) is 0 Å². The zero-order chi connectivity index (χ0) is 15.9. The van der Waals surface area contributed by atoms with Crippen molar-refractivity contribution in [3.8, 4) is 0 Å². The van der Waals surface area contributed by atoms with Gasteiger partial charge in [-0.05, 0) is 0 Å². The van der Waals surface area contributed by atoms with E-state index in [1.807, 2.05) is 0 Å². The van der Waals surface area contributed by atoms with Crippen molar-refractivity contribution in [2.45, 2.75) is 0 Å². The maximum Gasteiger partial charge on any atom is -0.423 e. The molecule has 0 atom stereocenters. The van der Waals surface area contributed by atoms with Crippen molar-refractivity contribution in [1.29, 1.82) is 0 Å². The van der Waals surface area contributed by atoms with Crippen LogP contribution < -0.4 is 0 Å². The van der Waals surface area contributed by atoms with Gasteiger partial charge >= 0.3 is 95.3 Å². The molecule has 0 radical (unpaired) electrons. The molecule has 0 N–H and O–H groups in total. The first-order valence-electron chi connectivity index (χ1n) is 4.23. The SMILES string of the molecule is CO[P](OC)(OC)=[Fe]=[P](OC)(OC)OC.[N-]=O.[N-]=O. The van der Waals surface area contributed by atoms with Crippen molar-refractivity contribution >= 4 is 12.4 Å². The normalized spacial score (nSPS) is 10.8. The maximum absolute atomic E-state index is 7.25. The smallest absolute Gasteiger partial charge is 0.423 e. The molecule has 0 saturated heterocycles. The van der Waals surface area contributed by atoms with Gasteiger partial charge < -0.3 is 21.0 Å². The van der Waals surface area contributed by atoms with Crippen LogP contribution >= 0.6 is 12.4 Å². The van der Waals surface area contributed by atoms with E-state index < -0.39 is 12.4 Å². The molecule has 0 aliphatic carbocycles. The monoisotopic (exact) mass is 364 g/mol. The second-order valence-corrected chi connectivity index (χ2v) is 12.0. The predicted molar refractivity (Wildman–Crippen MR) is 69.3 cm³/mol. The largest absolute Gasteiger partial charge is 0.577 e. The van der Waals surface area contributed by atoms with E-state index in [2.05, 4.69) is 0 Å². The third-order valence-electron chi connectivity index (χ3n) is 1.45. The topological polar surface area (TPSA) is 134 Å². The fourth-order valence-corrected chi connectivity index (χ4v) is 11.7. The van der Waals surface area contributed by atoms with Gasteiger partial charge in [-0.2, -0.15) is 0 Å². The van der Waals surface area contributed by atoms with Gasteiger partial charge in [-0.15, -0.1) is 0 Å². The fourth-order valence-electron chi connectivity index (χ4n) is 0.726. The standard InChI is InChI=1S/2C3H9O3P.Fe.2NO/c2*1-4-7(5-2)6-3;;2*1-2/h2*1-3H3;;;/q;;;2*-1. The Morgan fingerprint density at radius 2 is 0.737 bits per heavy atom. The van der Waals surface area contributed by atoms with Gasteiger partial charge in [-0.1, -0.05) is 0 Å². The van der Waals surface area contributed by atoms with E-state index in [-0.39, 0.29) is 0 Å². The fraction of sp³-hybridized carbons (Fsp3) is 1.00. The van der Waals surface area contributed by atoms with E-state index in [0.717, 1.165) is 0 Å². The van der Waals surface area contributed by atoms with Crippen molar-refractivity contribution in [1.82, 2.24) is 0 Å². The summed E-state index contributed by atoms with van der Waals surface area (Å²) < 4.78 is 31.5. The molecule has 0 saturated carbocycles. The molecule has 0 rings (SSSR count). The number of nitroso groups, excluding NO2 is 2. The molecule has 10 nitrogen and oxygen atoms in total. The molecule has 0 aromatic heterocycles. The van der Waals surface area contributed by atoms with E-state index >= 15 is 0 Å². The quantitative estimate of drug-likeness (QED) is 0.519. The van der Waals surface area contributed by atoms with Gasteiger partial charge in [-0.25, -0.2) is 0 Å². The summed E-state index contributed by atoms with van der Waals surface area (Å²) in [4.78, 5) is 14.5. The van der Waals surface area contributed by atoms with Gasteiger partial charge in [-0.3, -0.25) is 0 Å². The Kier molecular flexibility index (Phi) is 18.9. The molecule has 0 spiro atoms. The molecule has 0 aliphatic rings. The molecular formula is C6H18FeN2O8P2-2. The molecule has 0 aromatic rings. The summed E-state index contributed by atoms with van der Waals surface area (Å²) in [6, 6.07) is 0. The number of rotatable bonds is 6. The Balaban J connectivity index is -0.000000579. The summed E-state index contributed by atoms with van der Waals surface area (Å²) in [6.07, 6.45) is -4.87. The Morgan fingerprint density at radius 1 is 0.579 bits per heavy atom. The summed E-state index contributed by atoms with van der Waals surface area (Å²) in [6.45, 7) is 0. The molecule has 0 heterocycles. The average Bonchev–Trinajstić information content (AvgIpc) is 2.54. The molecule has 0 aliphatic heterocycles. The third kappa shape index (κ3) is 8.26. The Hall–Kier alpha value is 0.339. The molecule has 120 valence electrons. The van der Waals surface area contributed by atoms with Crippen LogP contribution in [0.3, 0.4) is 0 Å². The first kappa shape index (κ1) is 24.4. The van der Waals surface area contributed by atoms with Gasteiger partial charge in [0, 0.05) is 0 Å². The first-order chi connectivity index (χ1) is 9.07. The summed E-state index contributed by atoms with van der Waals surface area (Å²) >= 11 is 0.326. The summed E-state index contributed by atoms with van der Waals surface area (Å²) in [5.41, 5.74) is 11.5. The molecule has 0 amide bonds. The minimum atomic E-state index is -2.44. The average molecular weight is 364 g/mol. The summed E-state index contributed by atoms with van der Waals surface area (Å²) in [7, 11) is 9.15. The van der Waals surface area contributed by atoms with Gasteiger partial charge in [0.15, 0.2) is 0 Å². The van der Waals surface area contributed by atoms with Crippen LogP contribution in [0.2, 0.25) is 0 Å². The summed E-state index contributed by atoms with van der Waals surface area (Å²) in [5, 5.41) is 0. The van der Waals surface area contributed by atoms with E-state index in [1.165, 1.54) is 42.7 Å². The predicted octanol–water partition coefficient (Wildman–Crippen LogP) is 2.95. The van der Waals surface area contributed by atoms with Gasteiger partial charge in [0.05, 0.1) is 0 Å². The minimum Gasteiger partial charge on any atom is -0.577 e. The second kappa shape index (κ2) is 14.7. The van der Waals surface area contributed by atoms with Gasteiger partial charge in [0.1, 0.15) is 0 Å². The number of hydrogen-bond donors (Lipinski definition) is 0. The molecule has 19 heavy (non-hydrogen) atoms. The van der Waals surface area contributed by atoms with E-state index in [1.54, 1.807) is 0 Å². The molecule has 0 fully saturated rings. The minimum absolute atomic E-state index is 0.326. The molecule has 0 bridgehead atoms. The van der Waals surface area contributed by atoms with Crippen LogP contribution in [0, 0.1) is 9.81 Å². The molecule has 13 heteroatoms.